The number of ether oxygens (including phenoxy) is 2. The number of aliphatic hydroxyl groups excluding tert-OH is 1. The lowest BCUT2D eigenvalue weighted by Gasteiger charge is -2.28. The fourth-order valence-corrected chi connectivity index (χ4v) is 3.30. The van der Waals surface area contributed by atoms with Gasteiger partial charge < -0.3 is 24.5 Å². The third kappa shape index (κ3) is 8.00. The molecule has 1 heterocycles. The Morgan fingerprint density at radius 1 is 1.12 bits per heavy atom. The first kappa shape index (κ1) is 24.4. The molecule has 8 heteroatoms. The van der Waals surface area contributed by atoms with Crippen LogP contribution in [0.25, 0.3) is 0 Å². The zero-order valence-corrected chi connectivity index (χ0v) is 19.4. The van der Waals surface area contributed by atoms with Crippen molar-refractivity contribution in [2.45, 2.75) is 58.6 Å². The van der Waals surface area contributed by atoms with E-state index in [1.54, 1.807) is 12.7 Å². The van der Waals surface area contributed by atoms with Gasteiger partial charge in [0.25, 0.3) is 0 Å². The average molecular weight is 453 g/mol. The number of carbonyl (C=O) groups excluding carboxylic acids is 1. The Morgan fingerprint density at radius 3 is 2.55 bits per heavy atom. The van der Waals surface area contributed by atoms with Gasteiger partial charge in [0.15, 0.2) is 0 Å². The highest BCUT2D eigenvalue weighted by Crippen LogP contribution is 2.26. The fourth-order valence-electron chi connectivity index (χ4n) is 3.30. The van der Waals surface area contributed by atoms with Gasteiger partial charge in [-0.3, -0.25) is 4.79 Å². The summed E-state index contributed by atoms with van der Waals surface area (Å²) in [6.45, 7) is 7.20. The number of aryl methyl sites for hydroxylation is 1. The Hall–Kier alpha value is -3.23. The Balaban J connectivity index is 1.62. The summed E-state index contributed by atoms with van der Waals surface area (Å²) >= 11 is 0. The molecule has 176 valence electrons. The summed E-state index contributed by atoms with van der Waals surface area (Å²) in [5, 5.41) is 21.9. The standard InChI is InChI=1S/C25H32N4O4/c1-19(30)32-16-22-13-21(9-10-24(22)33-15-20-7-5-4-6-8-20)23(31)14-26-25(2,3)11-12-29-17-27-28-18-29/h4-10,13,17-18,23,26,31H,11-12,14-16H2,1-3H3. The van der Waals surface area contributed by atoms with Crippen LogP contribution in [0.1, 0.15) is 50.0 Å². The molecule has 0 saturated carbocycles. The van der Waals surface area contributed by atoms with E-state index in [2.05, 4.69) is 29.4 Å². The number of hydrogen-bond acceptors (Lipinski definition) is 7. The number of nitrogens with zero attached hydrogens (tertiary/aromatic N) is 3. The van der Waals surface area contributed by atoms with E-state index in [9.17, 15) is 9.90 Å². The normalized spacial score (nSPS) is 12.4. The van der Waals surface area contributed by atoms with Crippen molar-refractivity contribution in [2.24, 2.45) is 0 Å². The van der Waals surface area contributed by atoms with Crippen LogP contribution in [0.5, 0.6) is 5.75 Å². The first-order valence-corrected chi connectivity index (χ1v) is 11.0. The highest BCUT2D eigenvalue weighted by Gasteiger charge is 2.20. The van der Waals surface area contributed by atoms with Crippen molar-refractivity contribution in [3.63, 3.8) is 0 Å². The molecule has 0 fully saturated rings. The summed E-state index contributed by atoms with van der Waals surface area (Å²) in [7, 11) is 0. The Kier molecular flexibility index (Phi) is 8.57. The topological polar surface area (TPSA) is 98.5 Å². The van der Waals surface area contributed by atoms with E-state index < -0.39 is 6.10 Å². The number of nitrogens with one attached hydrogen (secondary N) is 1. The van der Waals surface area contributed by atoms with Crippen molar-refractivity contribution >= 4 is 5.97 Å². The van der Waals surface area contributed by atoms with Crippen LogP contribution >= 0.6 is 0 Å². The van der Waals surface area contributed by atoms with Crippen LogP contribution < -0.4 is 10.1 Å². The van der Waals surface area contributed by atoms with Crippen LogP contribution in [0.15, 0.2) is 61.2 Å². The quantitative estimate of drug-likeness (QED) is 0.406. The number of rotatable bonds is 12. The number of aromatic nitrogens is 3. The highest BCUT2D eigenvalue weighted by molar-refractivity contribution is 5.66. The second-order valence-corrected chi connectivity index (χ2v) is 8.65. The van der Waals surface area contributed by atoms with E-state index in [1.165, 1.54) is 6.92 Å². The largest absolute Gasteiger partial charge is 0.488 e. The number of β-amino-alcohol motifs (C(OH)–C–C–N with tert-alkyl or cyclic N) is 1. The monoisotopic (exact) mass is 452 g/mol. The molecule has 0 aliphatic rings. The molecule has 1 atom stereocenters. The second kappa shape index (κ2) is 11.6. The molecular formula is C25H32N4O4. The molecule has 8 nitrogen and oxygen atoms in total. The molecule has 3 aromatic rings. The van der Waals surface area contributed by atoms with Gasteiger partial charge in [-0.15, -0.1) is 10.2 Å². The van der Waals surface area contributed by atoms with Gasteiger partial charge in [-0.05, 0) is 43.5 Å². The number of carbonyl (C=O) groups is 1. The Morgan fingerprint density at radius 2 is 1.85 bits per heavy atom. The first-order valence-electron chi connectivity index (χ1n) is 11.0. The van der Waals surface area contributed by atoms with Gasteiger partial charge >= 0.3 is 5.97 Å². The molecule has 0 radical (unpaired) electrons. The molecule has 2 N–H and O–H groups in total. The third-order valence-corrected chi connectivity index (χ3v) is 5.37. The number of benzene rings is 2. The van der Waals surface area contributed by atoms with Crippen molar-refractivity contribution in [3.8, 4) is 5.75 Å². The van der Waals surface area contributed by atoms with Crippen molar-refractivity contribution in [1.82, 2.24) is 20.1 Å². The van der Waals surface area contributed by atoms with E-state index in [4.69, 9.17) is 9.47 Å². The van der Waals surface area contributed by atoms with E-state index in [0.29, 0.717) is 24.5 Å². The number of hydrogen-bond donors (Lipinski definition) is 2. The summed E-state index contributed by atoms with van der Waals surface area (Å²) in [6.07, 6.45) is 3.51. The maximum absolute atomic E-state index is 11.4. The van der Waals surface area contributed by atoms with Gasteiger partial charge in [0.05, 0.1) is 6.10 Å². The van der Waals surface area contributed by atoms with Crippen LogP contribution in [0.2, 0.25) is 0 Å². The van der Waals surface area contributed by atoms with E-state index >= 15 is 0 Å². The van der Waals surface area contributed by atoms with E-state index in [1.807, 2.05) is 53.1 Å². The van der Waals surface area contributed by atoms with Gasteiger partial charge in [0.1, 0.15) is 31.6 Å². The highest BCUT2D eigenvalue weighted by atomic mass is 16.5. The van der Waals surface area contributed by atoms with Crippen LogP contribution in [-0.2, 0) is 29.3 Å². The maximum Gasteiger partial charge on any atom is 0.302 e. The predicted octanol–water partition coefficient (Wildman–Crippen LogP) is 3.41. The van der Waals surface area contributed by atoms with E-state index in [-0.39, 0.29) is 18.1 Å². The summed E-state index contributed by atoms with van der Waals surface area (Å²) < 4.78 is 13.1. The molecule has 0 amide bonds. The van der Waals surface area contributed by atoms with Gasteiger partial charge in [-0.2, -0.15) is 0 Å². The number of aliphatic hydroxyl groups is 1. The fraction of sp³-hybridized carbons (Fsp3) is 0.400. The summed E-state index contributed by atoms with van der Waals surface area (Å²) in [5.41, 5.74) is 2.29. The molecule has 1 aromatic heterocycles. The Labute approximate surface area is 194 Å². The predicted molar refractivity (Wildman–Crippen MR) is 124 cm³/mol. The number of esters is 1. The molecule has 0 bridgehead atoms. The minimum Gasteiger partial charge on any atom is -0.488 e. The summed E-state index contributed by atoms with van der Waals surface area (Å²) in [6, 6.07) is 15.3. The van der Waals surface area contributed by atoms with Gasteiger partial charge in [0, 0.05) is 31.1 Å². The lowest BCUT2D eigenvalue weighted by Crippen LogP contribution is -2.42. The van der Waals surface area contributed by atoms with Crippen LogP contribution in [0.4, 0.5) is 0 Å². The third-order valence-electron chi connectivity index (χ3n) is 5.37. The zero-order chi connectivity index (χ0) is 23.7. The molecule has 0 spiro atoms. The molecule has 3 rings (SSSR count). The van der Waals surface area contributed by atoms with Gasteiger partial charge in [0.2, 0.25) is 0 Å². The minimum absolute atomic E-state index is 0.0812. The van der Waals surface area contributed by atoms with E-state index in [0.717, 1.165) is 24.1 Å². The van der Waals surface area contributed by atoms with Crippen LogP contribution in [-0.4, -0.2) is 37.9 Å². The maximum atomic E-state index is 11.4. The smallest absolute Gasteiger partial charge is 0.302 e. The van der Waals surface area contributed by atoms with Crippen molar-refractivity contribution < 1.29 is 19.4 Å². The molecule has 0 aliphatic carbocycles. The lowest BCUT2D eigenvalue weighted by molar-refractivity contribution is -0.142. The lowest BCUT2D eigenvalue weighted by atomic mass is 9.99. The molecule has 0 saturated heterocycles. The van der Waals surface area contributed by atoms with Crippen LogP contribution in [0, 0.1) is 0 Å². The van der Waals surface area contributed by atoms with Crippen molar-refractivity contribution in [1.29, 1.82) is 0 Å². The SMILES string of the molecule is CC(=O)OCc1cc(C(O)CNC(C)(C)CCn2cnnc2)ccc1OCc1ccccc1. The summed E-state index contributed by atoms with van der Waals surface area (Å²) in [4.78, 5) is 11.4. The molecular weight excluding hydrogens is 420 g/mol. The molecule has 0 aliphatic heterocycles. The second-order valence-electron chi connectivity index (χ2n) is 8.65. The molecule has 33 heavy (non-hydrogen) atoms. The van der Waals surface area contributed by atoms with Gasteiger partial charge in [-0.1, -0.05) is 36.4 Å². The Bertz CT molecular complexity index is 1010. The molecule has 1 unspecified atom stereocenters. The average Bonchev–Trinajstić information content (AvgIpc) is 3.33. The molecule has 2 aromatic carbocycles. The van der Waals surface area contributed by atoms with Gasteiger partial charge in [-0.25, -0.2) is 0 Å². The van der Waals surface area contributed by atoms with Crippen molar-refractivity contribution in [2.75, 3.05) is 6.54 Å². The van der Waals surface area contributed by atoms with Crippen LogP contribution in [0.3, 0.4) is 0 Å². The summed E-state index contributed by atoms with van der Waals surface area (Å²) in [5.74, 6) is 0.254. The zero-order valence-electron chi connectivity index (χ0n) is 19.4. The van der Waals surface area contributed by atoms with Crippen molar-refractivity contribution in [3.05, 3.63) is 77.9 Å². The first-order chi connectivity index (χ1) is 15.8. The minimum atomic E-state index is -0.724.